The summed E-state index contributed by atoms with van der Waals surface area (Å²) in [5, 5.41) is 0. The SMILES string of the molecule is O=C/C(F)=C(\F)CCCN1C(=O)c2ccccc2C1=O. The molecule has 0 spiro atoms. The number of aldehydes is 1. The smallest absolute Gasteiger partial charge is 0.261 e. The molecule has 104 valence electrons. The molecule has 0 bridgehead atoms. The lowest BCUT2D eigenvalue weighted by molar-refractivity contribution is -0.106. The van der Waals surface area contributed by atoms with E-state index in [2.05, 4.69) is 0 Å². The lowest BCUT2D eigenvalue weighted by atomic mass is 10.1. The van der Waals surface area contributed by atoms with Crippen LogP contribution < -0.4 is 0 Å². The van der Waals surface area contributed by atoms with Gasteiger partial charge in [-0.25, -0.2) is 8.78 Å². The zero-order chi connectivity index (χ0) is 14.7. The van der Waals surface area contributed by atoms with Crippen molar-refractivity contribution in [3.05, 3.63) is 47.0 Å². The highest BCUT2D eigenvalue weighted by Crippen LogP contribution is 2.23. The number of nitrogens with zero attached hydrogens (tertiary/aromatic N) is 1. The van der Waals surface area contributed by atoms with Crippen LogP contribution in [-0.2, 0) is 4.79 Å². The summed E-state index contributed by atoms with van der Waals surface area (Å²) in [4.78, 5) is 34.9. The maximum absolute atomic E-state index is 13.0. The van der Waals surface area contributed by atoms with E-state index in [1.54, 1.807) is 24.3 Å². The summed E-state index contributed by atoms with van der Waals surface area (Å²) in [7, 11) is 0. The molecule has 0 saturated carbocycles. The number of allylic oxidation sites excluding steroid dienone is 2. The molecule has 0 unspecified atom stereocenters. The number of fused-ring (bicyclic) bond motifs is 1. The van der Waals surface area contributed by atoms with Crippen molar-refractivity contribution in [3.63, 3.8) is 0 Å². The topological polar surface area (TPSA) is 54.5 Å². The first-order valence-corrected chi connectivity index (χ1v) is 6.00. The highest BCUT2D eigenvalue weighted by Gasteiger charge is 2.34. The van der Waals surface area contributed by atoms with Crippen LogP contribution in [0.3, 0.4) is 0 Å². The second-order valence-corrected chi connectivity index (χ2v) is 4.28. The van der Waals surface area contributed by atoms with Crippen molar-refractivity contribution in [2.24, 2.45) is 0 Å². The van der Waals surface area contributed by atoms with Gasteiger partial charge in [0, 0.05) is 13.0 Å². The Kier molecular flexibility index (Phi) is 4.02. The van der Waals surface area contributed by atoms with Gasteiger partial charge in [0.2, 0.25) is 0 Å². The maximum atomic E-state index is 13.0. The molecule has 0 aliphatic carbocycles. The van der Waals surface area contributed by atoms with Gasteiger partial charge in [0.1, 0.15) is 5.83 Å². The Morgan fingerprint density at radius 2 is 1.65 bits per heavy atom. The molecule has 4 nitrogen and oxygen atoms in total. The highest BCUT2D eigenvalue weighted by atomic mass is 19.2. The Hall–Kier alpha value is -2.37. The van der Waals surface area contributed by atoms with Crippen LogP contribution in [0.4, 0.5) is 8.78 Å². The number of carbonyl (C=O) groups is 3. The Morgan fingerprint density at radius 1 is 1.10 bits per heavy atom. The van der Waals surface area contributed by atoms with Gasteiger partial charge in [0.15, 0.2) is 12.1 Å². The van der Waals surface area contributed by atoms with Crippen molar-refractivity contribution in [2.75, 3.05) is 6.54 Å². The van der Waals surface area contributed by atoms with Gasteiger partial charge in [0.25, 0.3) is 11.8 Å². The number of hydrogen-bond donors (Lipinski definition) is 0. The van der Waals surface area contributed by atoms with E-state index in [1.165, 1.54) is 0 Å². The molecule has 20 heavy (non-hydrogen) atoms. The molecule has 0 atom stereocenters. The van der Waals surface area contributed by atoms with Crippen LogP contribution in [0.5, 0.6) is 0 Å². The Morgan fingerprint density at radius 3 is 2.15 bits per heavy atom. The summed E-state index contributed by atoms with van der Waals surface area (Å²) in [6, 6.07) is 6.38. The first-order chi connectivity index (χ1) is 9.56. The minimum Gasteiger partial charge on any atom is -0.295 e. The highest BCUT2D eigenvalue weighted by molar-refractivity contribution is 6.21. The van der Waals surface area contributed by atoms with E-state index in [4.69, 9.17) is 0 Å². The average molecular weight is 279 g/mol. The fraction of sp³-hybridized carbons (Fsp3) is 0.214. The Balaban J connectivity index is 2.01. The Labute approximate surface area is 113 Å². The Bertz CT molecular complexity index is 575. The van der Waals surface area contributed by atoms with Crippen LogP contribution in [0.2, 0.25) is 0 Å². The van der Waals surface area contributed by atoms with Gasteiger partial charge in [-0.05, 0) is 18.6 Å². The van der Waals surface area contributed by atoms with E-state index in [1.807, 2.05) is 0 Å². The first-order valence-electron chi connectivity index (χ1n) is 6.00. The standard InChI is InChI=1S/C14H11F2NO3/c15-11(12(16)8-18)6-3-7-17-13(19)9-4-1-2-5-10(9)14(17)20/h1-2,4-5,8H,3,6-7H2/b12-11+. The lowest BCUT2D eigenvalue weighted by Crippen LogP contribution is -2.30. The lowest BCUT2D eigenvalue weighted by Gasteiger charge is -2.12. The van der Waals surface area contributed by atoms with Crippen molar-refractivity contribution in [1.29, 1.82) is 0 Å². The van der Waals surface area contributed by atoms with Gasteiger partial charge in [0.05, 0.1) is 11.1 Å². The van der Waals surface area contributed by atoms with Gasteiger partial charge >= 0.3 is 0 Å². The molecule has 2 amide bonds. The van der Waals surface area contributed by atoms with Crippen molar-refractivity contribution >= 4 is 18.1 Å². The summed E-state index contributed by atoms with van der Waals surface area (Å²) in [5.74, 6) is -3.50. The van der Waals surface area contributed by atoms with Crippen molar-refractivity contribution in [2.45, 2.75) is 12.8 Å². The summed E-state index contributed by atoms with van der Waals surface area (Å²) in [6.45, 7) is -0.0219. The third-order valence-electron chi connectivity index (χ3n) is 3.02. The molecule has 1 aromatic rings. The predicted octanol–water partition coefficient (Wildman–Crippen LogP) is 2.41. The normalized spacial score (nSPS) is 15.2. The molecular formula is C14H11F2NO3. The second kappa shape index (κ2) is 5.73. The van der Waals surface area contributed by atoms with Crippen LogP contribution in [0.1, 0.15) is 33.6 Å². The molecule has 0 fully saturated rings. The molecule has 2 rings (SSSR count). The number of rotatable bonds is 5. The van der Waals surface area contributed by atoms with E-state index in [9.17, 15) is 23.2 Å². The largest absolute Gasteiger partial charge is 0.295 e. The van der Waals surface area contributed by atoms with Crippen LogP contribution in [0.25, 0.3) is 0 Å². The zero-order valence-corrected chi connectivity index (χ0v) is 10.4. The van der Waals surface area contributed by atoms with Gasteiger partial charge in [-0.15, -0.1) is 0 Å². The predicted molar refractivity (Wildman–Crippen MR) is 66.3 cm³/mol. The summed E-state index contributed by atoms with van der Waals surface area (Å²) in [6.07, 6.45) is -0.492. The minimum atomic E-state index is -1.45. The summed E-state index contributed by atoms with van der Waals surface area (Å²) >= 11 is 0. The van der Waals surface area contributed by atoms with Gasteiger partial charge in [-0.1, -0.05) is 12.1 Å². The first kappa shape index (κ1) is 14.0. The number of carbonyl (C=O) groups excluding carboxylic acids is 3. The fourth-order valence-electron chi connectivity index (χ4n) is 2.02. The fourth-order valence-corrected chi connectivity index (χ4v) is 2.02. The van der Waals surface area contributed by atoms with Gasteiger partial charge < -0.3 is 0 Å². The summed E-state index contributed by atoms with van der Waals surface area (Å²) < 4.78 is 25.6. The molecule has 0 radical (unpaired) electrons. The quantitative estimate of drug-likeness (QED) is 0.472. The third-order valence-corrected chi connectivity index (χ3v) is 3.02. The zero-order valence-electron chi connectivity index (χ0n) is 10.4. The average Bonchev–Trinajstić information content (AvgIpc) is 2.71. The van der Waals surface area contributed by atoms with Crippen LogP contribution in [0.15, 0.2) is 35.9 Å². The number of benzene rings is 1. The van der Waals surface area contributed by atoms with Gasteiger partial charge in [-0.3, -0.25) is 19.3 Å². The molecular weight excluding hydrogens is 268 g/mol. The number of imide groups is 1. The van der Waals surface area contributed by atoms with E-state index >= 15 is 0 Å². The van der Waals surface area contributed by atoms with Gasteiger partial charge in [-0.2, -0.15) is 0 Å². The third kappa shape index (κ3) is 2.49. The molecule has 1 aliphatic rings. The van der Waals surface area contributed by atoms with Crippen LogP contribution in [0, 0.1) is 0 Å². The summed E-state index contributed by atoms with van der Waals surface area (Å²) in [5.41, 5.74) is 0.625. The van der Waals surface area contributed by atoms with E-state index in [0.29, 0.717) is 11.1 Å². The molecule has 0 N–H and O–H groups in total. The molecule has 0 saturated heterocycles. The number of hydrogen-bond acceptors (Lipinski definition) is 3. The number of amides is 2. The van der Waals surface area contributed by atoms with Crippen molar-refractivity contribution in [3.8, 4) is 0 Å². The monoisotopic (exact) mass is 279 g/mol. The molecule has 1 aromatic carbocycles. The van der Waals surface area contributed by atoms with Crippen molar-refractivity contribution in [1.82, 2.24) is 4.90 Å². The van der Waals surface area contributed by atoms with Crippen LogP contribution in [-0.4, -0.2) is 29.5 Å². The molecule has 0 aromatic heterocycles. The van der Waals surface area contributed by atoms with Crippen molar-refractivity contribution < 1.29 is 23.2 Å². The molecule has 6 heteroatoms. The van der Waals surface area contributed by atoms with Crippen LogP contribution >= 0.6 is 0 Å². The second-order valence-electron chi connectivity index (χ2n) is 4.28. The number of halogens is 2. The van der Waals surface area contributed by atoms with E-state index in [0.717, 1.165) is 4.90 Å². The molecule has 1 aliphatic heterocycles. The van der Waals surface area contributed by atoms with E-state index in [-0.39, 0.29) is 25.7 Å². The maximum Gasteiger partial charge on any atom is 0.261 e. The van der Waals surface area contributed by atoms with E-state index < -0.39 is 23.5 Å². The molecule has 1 heterocycles. The minimum absolute atomic E-state index is 0.0219.